The highest BCUT2D eigenvalue weighted by Crippen LogP contribution is 2.17. The Morgan fingerprint density at radius 3 is 2.53 bits per heavy atom. The number of halogens is 1. The minimum Gasteiger partial charge on any atom is -0.496 e. The van der Waals surface area contributed by atoms with Crippen LogP contribution in [0.5, 0.6) is 5.75 Å². The van der Waals surface area contributed by atoms with Crippen molar-refractivity contribution in [1.29, 1.82) is 0 Å². The maximum atomic E-state index is 5.42. The third-order valence-electron chi connectivity index (χ3n) is 5.04. The molecule has 1 aliphatic heterocycles. The number of piperazine rings is 1. The van der Waals surface area contributed by atoms with E-state index in [4.69, 9.17) is 9.73 Å². The second-order valence-electron chi connectivity index (χ2n) is 7.18. The van der Waals surface area contributed by atoms with Crippen molar-refractivity contribution in [3.8, 4) is 5.75 Å². The van der Waals surface area contributed by atoms with E-state index in [1.807, 2.05) is 24.4 Å². The van der Waals surface area contributed by atoms with Crippen molar-refractivity contribution in [3.63, 3.8) is 0 Å². The summed E-state index contributed by atoms with van der Waals surface area (Å²) in [6.45, 7) is 8.31. The lowest BCUT2D eigenvalue weighted by molar-refractivity contribution is 0.312. The summed E-state index contributed by atoms with van der Waals surface area (Å²) in [6, 6.07) is 12.2. The van der Waals surface area contributed by atoms with Crippen LogP contribution in [0.1, 0.15) is 18.1 Å². The SMILES string of the molecule is CCNC(=NCc1ccc(N2CCN(C)CC2)nc1)NCc1ccccc1OC.I. The minimum atomic E-state index is 0. The summed E-state index contributed by atoms with van der Waals surface area (Å²) in [4.78, 5) is 14.0. The Labute approximate surface area is 196 Å². The maximum absolute atomic E-state index is 5.42. The number of aromatic nitrogens is 1. The fourth-order valence-corrected chi connectivity index (χ4v) is 3.27. The normalized spacial score (nSPS) is 14.8. The lowest BCUT2D eigenvalue weighted by Gasteiger charge is -2.33. The van der Waals surface area contributed by atoms with Crippen molar-refractivity contribution in [2.75, 3.05) is 51.8 Å². The molecule has 2 N–H and O–H groups in total. The number of hydrogen-bond donors (Lipinski definition) is 2. The van der Waals surface area contributed by atoms with E-state index in [-0.39, 0.29) is 24.0 Å². The van der Waals surface area contributed by atoms with Crippen LogP contribution >= 0.6 is 24.0 Å². The molecule has 0 radical (unpaired) electrons. The third-order valence-corrected chi connectivity index (χ3v) is 5.04. The van der Waals surface area contributed by atoms with E-state index in [1.165, 1.54) is 0 Å². The van der Waals surface area contributed by atoms with Gasteiger partial charge in [-0.15, -0.1) is 24.0 Å². The van der Waals surface area contributed by atoms with Gasteiger partial charge in [0.25, 0.3) is 0 Å². The lowest BCUT2D eigenvalue weighted by Crippen LogP contribution is -2.44. The van der Waals surface area contributed by atoms with Gasteiger partial charge in [0.2, 0.25) is 0 Å². The second-order valence-corrected chi connectivity index (χ2v) is 7.18. The molecule has 2 heterocycles. The highest BCUT2D eigenvalue weighted by Gasteiger charge is 2.14. The average Bonchev–Trinajstić information content (AvgIpc) is 2.77. The number of anilines is 1. The Kier molecular flexibility index (Phi) is 10.2. The predicted octanol–water partition coefficient (Wildman–Crippen LogP) is 2.72. The molecule has 1 aliphatic rings. The standard InChI is InChI=1S/C22H32N6O.HI/c1-4-23-22(26-17-19-7-5-6-8-20(19)29-3)25-16-18-9-10-21(24-15-18)28-13-11-27(2)12-14-28;/h5-10,15H,4,11-14,16-17H2,1-3H3,(H2,23,25,26);1H. The Morgan fingerprint density at radius 1 is 1.10 bits per heavy atom. The van der Waals surface area contributed by atoms with Gasteiger partial charge in [0, 0.05) is 51.0 Å². The van der Waals surface area contributed by atoms with Gasteiger partial charge in [0.05, 0.1) is 13.7 Å². The Morgan fingerprint density at radius 2 is 1.87 bits per heavy atom. The van der Waals surface area contributed by atoms with Crippen molar-refractivity contribution in [3.05, 3.63) is 53.7 Å². The number of methoxy groups -OCH3 is 1. The summed E-state index contributed by atoms with van der Waals surface area (Å²) < 4.78 is 5.42. The Hall–Kier alpha value is -2.07. The maximum Gasteiger partial charge on any atom is 0.191 e. The summed E-state index contributed by atoms with van der Waals surface area (Å²) in [7, 11) is 3.85. The van der Waals surface area contributed by atoms with Gasteiger partial charge in [-0.1, -0.05) is 24.3 Å². The van der Waals surface area contributed by atoms with Crippen LogP contribution in [0.2, 0.25) is 0 Å². The van der Waals surface area contributed by atoms with E-state index < -0.39 is 0 Å². The molecule has 1 saturated heterocycles. The number of pyridine rings is 1. The molecule has 30 heavy (non-hydrogen) atoms. The van der Waals surface area contributed by atoms with Crippen LogP contribution in [0.4, 0.5) is 5.82 Å². The predicted molar refractivity (Wildman–Crippen MR) is 134 cm³/mol. The van der Waals surface area contributed by atoms with E-state index in [1.54, 1.807) is 7.11 Å². The molecule has 0 aliphatic carbocycles. The first-order valence-corrected chi connectivity index (χ1v) is 10.2. The van der Waals surface area contributed by atoms with E-state index in [0.29, 0.717) is 13.1 Å². The number of aliphatic imine (C=N–C) groups is 1. The molecule has 1 aromatic carbocycles. The molecule has 1 aromatic heterocycles. The topological polar surface area (TPSA) is 65.0 Å². The molecule has 2 aromatic rings. The first kappa shape index (κ1) is 24.2. The number of nitrogens with zero attached hydrogens (tertiary/aromatic N) is 4. The highest BCUT2D eigenvalue weighted by atomic mass is 127. The van der Waals surface area contributed by atoms with Gasteiger partial charge in [-0.25, -0.2) is 9.98 Å². The third kappa shape index (κ3) is 7.02. The zero-order chi connectivity index (χ0) is 20.5. The second kappa shape index (κ2) is 12.6. The van der Waals surface area contributed by atoms with Crippen molar-refractivity contribution in [2.24, 2.45) is 4.99 Å². The number of rotatable bonds is 7. The van der Waals surface area contributed by atoms with Crippen LogP contribution in [0.15, 0.2) is 47.6 Å². The fourth-order valence-electron chi connectivity index (χ4n) is 3.27. The van der Waals surface area contributed by atoms with Gasteiger partial charge in [0.1, 0.15) is 11.6 Å². The van der Waals surface area contributed by atoms with Gasteiger partial charge in [-0.3, -0.25) is 0 Å². The summed E-state index contributed by atoms with van der Waals surface area (Å²) in [6.07, 6.45) is 1.93. The lowest BCUT2D eigenvalue weighted by atomic mass is 10.2. The van der Waals surface area contributed by atoms with Crippen molar-refractivity contribution in [1.82, 2.24) is 20.5 Å². The molecule has 164 valence electrons. The van der Waals surface area contributed by atoms with E-state index in [0.717, 1.165) is 61.4 Å². The molecule has 0 amide bonds. The number of guanidine groups is 1. The number of hydrogen-bond acceptors (Lipinski definition) is 5. The number of nitrogens with one attached hydrogen (secondary N) is 2. The van der Waals surface area contributed by atoms with Crippen LogP contribution < -0.4 is 20.3 Å². The molecular formula is C22H33IN6O. The van der Waals surface area contributed by atoms with Gasteiger partial charge in [-0.05, 0) is 31.7 Å². The summed E-state index contributed by atoms with van der Waals surface area (Å²) >= 11 is 0. The molecule has 0 atom stereocenters. The molecule has 7 nitrogen and oxygen atoms in total. The van der Waals surface area contributed by atoms with Crippen LogP contribution in [0.3, 0.4) is 0 Å². The van der Waals surface area contributed by atoms with Gasteiger partial charge >= 0.3 is 0 Å². The number of benzene rings is 1. The largest absolute Gasteiger partial charge is 0.496 e. The first-order chi connectivity index (χ1) is 14.2. The first-order valence-electron chi connectivity index (χ1n) is 10.2. The molecule has 1 fully saturated rings. The Balaban J connectivity index is 0.00000320. The summed E-state index contributed by atoms with van der Waals surface area (Å²) in [5.74, 6) is 2.70. The van der Waals surface area contributed by atoms with Gasteiger partial charge in [-0.2, -0.15) is 0 Å². The molecular weight excluding hydrogens is 491 g/mol. The summed E-state index contributed by atoms with van der Waals surface area (Å²) in [5.41, 5.74) is 2.19. The zero-order valence-corrected chi connectivity index (χ0v) is 20.4. The smallest absolute Gasteiger partial charge is 0.191 e. The van der Waals surface area contributed by atoms with Crippen LogP contribution in [-0.2, 0) is 13.1 Å². The molecule has 0 unspecified atom stereocenters. The van der Waals surface area contributed by atoms with Crippen molar-refractivity contribution >= 4 is 35.8 Å². The molecule has 3 rings (SSSR count). The van der Waals surface area contributed by atoms with E-state index in [9.17, 15) is 0 Å². The molecule has 8 heteroatoms. The van der Waals surface area contributed by atoms with E-state index in [2.05, 4.69) is 57.6 Å². The quantitative estimate of drug-likeness (QED) is 0.330. The van der Waals surface area contributed by atoms with Gasteiger partial charge < -0.3 is 25.2 Å². The van der Waals surface area contributed by atoms with Crippen LogP contribution in [0, 0.1) is 0 Å². The van der Waals surface area contributed by atoms with Crippen molar-refractivity contribution in [2.45, 2.75) is 20.0 Å². The molecule has 0 bridgehead atoms. The molecule has 0 saturated carbocycles. The number of ether oxygens (including phenoxy) is 1. The average molecular weight is 524 g/mol. The number of likely N-dealkylation sites (N-methyl/N-ethyl adjacent to an activating group) is 1. The molecule has 0 spiro atoms. The van der Waals surface area contributed by atoms with Gasteiger partial charge in [0.15, 0.2) is 5.96 Å². The van der Waals surface area contributed by atoms with Crippen LogP contribution in [0.25, 0.3) is 0 Å². The number of para-hydroxylation sites is 1. The Bertz CT molecular complexity index is 790. The highest BCUT2D eigenvalue weighted by molar-refractivity contribution is 14.0. The monoisotopic (exact) mass is 524 g/mol. The van der Waals surface area contributed by atoms with E-state index >= 15 is 0 Å². The zero-order valence-electron chi connectivity index (χ0n) is 18.1. The summed E-state index contributed by atoms with van der Waals surface area (Å²) in [5, 5.41) is 6.67. The van der Waals surface area contributed by atoms with Crippen LogP contribution in [-0.4, -0.2) is 62.7 Å². The van der Waals surface area contributed by atoms with Crippen molar-refractivity contribution < 1.29 is 4.74 Å². The minimum absolute atomic E-state index is 0. The fraction of sp³-hybridized carbons (Fsp3) is 0.455.